The smallest absolute Gasteiger partial charge is 0.237 e. The normalized spacial score (nSPS) is 11.9. The molecular weight excluding hydrogens is 436 g/mol. The highest BCUT2D eigenvalue weighted by molar-refractivity contribution is 7.99. The van der Waals surface area contributed by atoms with E-state index >= 15 is 0 Å². The lowest BCUT2D eigenvalue weighted by Gasteiger charge is -2.23. The van der Waals surface area contributed by atoms with Gasteiger partial charge in [-0.3, -0.25) is 9.69 Å². The number of rotatable bonds is 14. The molecule has 9 heteroatoms. The number of benzene rings is 1. The number of hydrogen-bond donors (Lipinski definition) is 0. The second-order valence-electron chi connectivity index (χ2n) is 7.90. The SMILES string of the molecule is CCCCn1c(SCC(=O)N(CCC#N)c2ccc(OCC)cc2)nnc1[C@H](CC)N(C)C. The van der Waals surface area contributed by atoms with Gasteiger partial charge in [-0.15, -0.1) is 10.2 Å². The number of nitriles is 1. The Morgan fingerprint density at radius 3 is 2.52 bits per heavy atom. The molecule has 0 N–H and O–H groups in total. The molecule has 2 rings (SSSR count). The molecular formula is C24H36N6O2S. The van der Waals surface area contributed by atoms with Crippen molar-refractivity contribution in [2.24, 2.45) is 0 Å². The number of thioether (sulfide) groups is 1. The number of nitrogens with zero attached hydrogens (tertiary/aromatic N) is 6. The van der Waals surface area contributed by atoms with Crippen molar-refractivity contribution in [1.82, 2.24) is 19.7 Å². The van der Waals surface area contributed by atoms with Crippen LogP contribution in [0.25, 0.3) is 0 Å². The Labute approximate surface area is 201 Å². The lowest BCUT2D eigenvalue weighted by Crippen LogP contribution is -2.33. The van der Waals surface area contributed by atoms with Gasteiger partial charge < -0.3 is 14.2 Å². The molecule has 2 aromatic rings. The summed E-state index contributed by atoms with van der Waals surface area (Å²) in [5, 5.41) is 18.7. The highest BCUT2D eigenvalue weighted by atomic mass is 32.2. The van der Waals surface area contributed by atoms with Crippen LogP contribution in [0.5, 0.6) is 5.75 Å². The third-order valence-electron chi connectivity index (χ3n) is 5.32. The van der Waals surface area contributed by atoms with E-state index in [1.807, 2.05) is 45.3 Å². The molecule has 1 aromatic heterocycles. The van der Waals surface area contributed by atoms with E-state index < -0.39 is 0 Å². The van der Waals surface area contributed by atoms with Crippen LogP contribution >= 0.6 is 11.8 Å². The molecule has 33 heavy (non-hydrogen) atoms. The summed E-state index contributed by atoms with van der Waals surface area (Å²) < 4.78 is 7.66. The molecule has 0 spiro atoms. The molecule has 0 aliphatic carbocycles. The van der Waals surface area contributed by atoms with Crippen molar-refractivity contribution in [2.45, 2.75) is 64.2 Å². The van der Waals surface area contributed by atoms with Crippen molar-refractivity contribution < 1.29 is 9.53 Å². The van der Waals surface area contributed by atoms with Gasteiger partial charge in [-0.25, -0.2) is 0 Å². The van der Waals surface area contributed by atoms with Crippen LogP contribution < -0.4 is 9.64 Å². The standard InChI is InChI=1S/C24H36N6O2S/c1-6-9-16-30-23(21(7-2)28(4)5)26-27-24(30)33-18-22(31)29(17-10-15-25)19-11-13-20(14-12-19)32-8-3/h11-14,21H,6-10,16-18H2,1-5H3/t21-/m0/s1. The highest BCUT2D eigenvalue weighted by Gasteiger charge is 2.23. The van der Waals surface area contributed by atoms with E-state index in [9.17, 15) is 4.79 Å². The summed E-state index contributed by atoms with van der Waals surface area (Å²) in [4.78, 5) is 17.0. The van der Waals surface area contributed by atoms with Crippen LogP contribution in [0, 0.1) is 11.3 Å². The fourth-order valence-corrected chi connectivity index (χ4v) is 4.46. The van der Waals surface area contributed by atoms with Crippen molar-refractivity contribution in [3.8, 4) is 11.8 Å². The summed E-state index contributed by atoms with van der Waals surface area (Å²) in [5.41, 5.74) is 0.756. The number of hydrogen-bond acceptors (Lipinski definition) is 7. The lowest BCUT2D eigenvalue weighted by atomic mass is 10.2. The summed E-state index contributed by atoms with van der Waals surface area (Å²) >= 11 is 1.41. The van der Waals surface area contributed by atoms with Crippen LogP contribution in [0.4, 0.5) is 5.69 Å². The zero-order chi connectivity index (χ0) is 24.2. The van der Waals surface area contributed by atoms with Crippen LogP contribution in [-0.2, 0) is 11.3 Å². The summed E-state index contributed by atoms with van der Waals surface area (Å²) in [6.07, 6.45) is 3.29. The highest BCUT2D eigenvalue weighted by Crippen LogP contribution is 2.27. The molecule has 1 aromatic carbocycles. The predicted molar refractivity (Wildman–Crippen MR) is 133 cm³/mol. The predicted octanol–water partition coefficient (Wildman–Crippen LogP) is 4.53. The number of carbonyl (C=O) groups excluding carboxylic acids is 1. The monoisotopic (exact) mass is 472 g/mol. The first-order valence-corrected chi connectivity index (χ1v) is 12.6. The molecule has 0 saturated carbocycles. The number of amides is 1. The minimum absolute atomic E-state index is 0.0642. The summed E-state index contributed by atoms with van der Waals surface area (Å²) in [5.74, 6) is 1.86. The molecule has 0 bridgehead atoms. The van der Waals surface area contributed by atoms with E-state index in [2.05, 4.69) is 39.6 Å². The first kappa shape index (κ1) is 26.7. The molecule has 0 fully saturated rings. The Balaban J connectivity index is 2.20. The fraction of sp³-hybridized carbons (Fsp3) is 0.583. The molecule has 1 heterocycles. The number of carbonyl (C=O) groups is 1. The number of aromatic nitrogens is 3. The van der Waals surface area contributed by atoms with Gasteiger partial charge in [0.1, 0.15) is 5.75 Å². The average Bonchev–Trinajstić information content (AvgIpc) is 3.20. The quantitative estimate of drug-likeness (QED) is 0.373. The molecule has 0 saturated heterocycles. The molecule has 180 valence electrons. The van der Waals surface area contributed by atoms with Gasteiger partial charge in [-0.2, -0.15) is 5.26 Å². The second-order valence-corrected chi connectivity index (χ2v) is 8.85. The number of ether oxygens (including phenoxy) is 1. The van der Waals surface area contributed by atoms with Gasteiger partial charge in [0, 0.05) is 18.8 Å². The average molecular weight is 473 g/mol. The minimum Gasteiger partial charge on any atom is -0.494 e. The maximum Gasteiger partial charge on any atom is 0.237 e. The van der Waals surface area contributed by atoms with Crippen LogP contribution in [0.1, 0.15) is 58.3 Å². The van der Waals surface area contributed by atoms with E-state index in [0.29, 0.717) is 13.2 Å². The van der Waals surface area contributed by atoms with Crippen molar-refractivity contribution >= 4 is 23.4 Å². The maximum absolute atomic E-state index is 13.2. The Kier molecular flexibility index (Phi) is 11.2. The van der Waals surface area contributed by atoms with E-state index in [-0.39, 0.29) is 24.1 Å². The number of anilines is 1. The van der Waals surface area contributed by atoms with Crippen LogP contribution in [-0.4, -0.2) is 58.6 Å². The molecule has 0 aliphatic heterocycles. The van der Waals surface area contributed by atoms with Crippen LogP contribution in [0.3, 0.4) is 0 Å². The Hall–Kier alpha value is -2.57. The van der Waals surface area contributed by atoms with Crippen LogP contribution in [0.2, 0.25) is 0 Å². The van der Waals surface area contributed by atoms with Crippen LogP contribution in [0.15, 0.2) is 29.4 Å². The molecule has 1 amide bonds. The first-order chi connectivity index (χ1) is 16.0. The van der Waals surface area contributed by atoms with Gasteiger partial charge in [0.2, 0.25) is 5.91 Å². The van der Waals surface area contributed by atoms with Gasteiger partial charge in [-0.05, 0) is 58.1 Å². The third-order valence-corrected chi connectivity index (χ3v) is 6.27. The van der Waals surface area contributed by atoms with E-state index in [0.717, 1.165) is 48.2 Å². The van der Waals surface area contributed by atoms with Gasteiger partial charge in [-0.1, -0.05) is 32.0 Å². The molecule has 0 radical (unpaired) electrons. The Morgan fingerprint density at radius 1 is 1.21 bits per heavy atom. The second kappa shape index (κ2) is 13.9. The van der Waals surface area contributed by atoms with Crippen molar-refractivity contribution in [3.63, 3.8) is 0 Å². The molecule has 0 aliphatic rings. The van der Waals surface area contributed by atoms with Crippen molar-refractivity contribution in [3.05, 3.63) is 30.1 Å². The fourth-order valence-electron chi connectivity index (χ4n) is 3.61. The minimum atomic E-state index is -0.0642. The molecule has 1 atom stereocenters. The molecule has 8 nitrogen and oxygen atoms in total. The van der Waals surface area contributed by atoms with E-state index in [1.165, 1.54) is 11.8 Å². The van der Waals surface area contributed by atoms with E-state index in [4.69, 9.17) is 10.00 Å². The lowest BCUT2D eigenvalue weighted by molar-refractivity contribution is -0.116. The zero-order valence-corrected chi connectivity index (χ0v) is 21.3. The maximum atomic E-state index is 13.2. The van der Waals surface area contributed by atoms with Gasteiger partial charge in [0.25, 0.3) is 0 Å². The van der Waals surface area contributed by atoms with E-state index in [1.54, 1.807) is 4.90 Å². The zero-order valence-electron chi connectivity index (χ0n) is 20.5. The van der Waals surface area contributed by atoms with Gasteiger partial charge >= 0.3 is 0 Å². The summed E-state index contributed by atoms with van der Waals surface area (Å²) in [7, 11) is 4.10. The van der Waals surface area contributed by atoms with Gasteiger partial charge in [0.05, 0.1) is 30.9 Å². The number of unbranched alkanes of at least 4 members (excludes halogenated alkanes) is 1. The topological polar surface area (TPSA) is 87.3 Å². The first-order valence-electron chi connectivity index (χ1n) is 11.6. The van der Waals surface area contributed by atoms with Crippen molar-refractivity contribution in [2.75, 3.05) is 37.9 Å². The van der Waals surface area contributed by atoms with Gasteiger partial charge in [0.15, 0.2) is 11.0 Å². The Bertz CT molecular complexity index is 907. The largest absolute Gasteiger partial charge is 0.494 e. The summed E-state index contributed by atoms with van der Waals surface area (Å²) in [6, 6.07) is 9.72. The third kappa shape index (κ3) is 7.47. The Morgan fingerprint density at radius 2 is 1.94 bits per heavy atom. The molecule has 0 unspecified atom stereocenters. The summed E-state index contributed by atoms with van der Waals surface area (Å²) in [6.45, 7) is 7.99. The van der Waals surface area contributed by atoms with Crippen molar-refractivity contribution in [1.29, 1.82) is 5.26 Å².